The number of unbranched alkanes of at least 4 members (excludes halogenated alkanes) is 2. The molecule has 0 radical (unpaired) electrons. The number of methoxy groups -OCH3 is 2. The van der Waals surface area contributed by atoms with Crippen molar-refractivity contribution >= 4 is 45.3 Å². The van der Waals surface area contributed by atoms with E-state index in [-0.39, 0.29) is 18.0 Å². The van der Waals surface area contributed by atoms with Gasteiger partial charge in [-0.1, -0.05) is 34.1 Å². The van der Waals surface area contributed by atoms with Crippen LogP contribution in [0.3, 0.4) is 0 Å². The van der Waals surface area contributed by atoms with Crippen LogP contribution in [0.4, 0.5) is 11.4 Å². The summed E-state index contributed by atoms with van der Waals surface area (Å²) in [6.07, 6.45) is 4.15. The zero-order valence-electron chi connectivity index (χ0n) is 25.3. The van der Waals surface area contributed by atoms with Gasteiger partial charge in [0.2, 0.25) is 11.8 Å². The molecule has 2 aromatic carbocycles. The van der Waals surface area contributed by atoms with Gasteiger partial charge in [0.1, 0.15) is 0 Å². The molecular weight excluding hydrogens is 588 g/mol. The van der Waals surface area contributed by atoms with Crippen LogP contribution < -0.4 is 9.80 Å². The lowest BCUT2D eigenvalue weighted by Crippen LogP contribution is -2.36. The van der Waals surface area contributed by atoms with Gasteiger partial charge in [-0.15, -0.1) is 0 Å². The molecule has 4 rings (SSSR count). The summed E-state index contributed by atoms with van der Waals surface area (Å²) < 4.78 is 11.1. The Morgan fingerprint density at radius 1 is 0.732 bits per heavy atom. The summed E-state index contributed by atoms with van der Waals surface area (Å²) in [6, 6.07) is 12.4. The summed E-state index contributed by atoms with van der Waals surface area (Å²) in [5.74, 6) is 0.406. The molecule has 0 aromatic heterocycles. The molecule has 0 spiro atoms. The van der Waals surface area contributed by atoms with Crippen molar-refractivity contribution in [2.24, 2.45) is 0 Å². The first-order valence-electron chi connectivity index (χ1n) is 13.9. The summed E-state index contributed by atoms with van der Waals surface area (Å²) in [6.45, 7) is 13.1. The number of halogens is 1. The number of anilines is 2. The fourth-order valence-electron chi connectivity index (χ4n) is 5.25. The van der Waals surface area contributed by atoms with E-state index in [9.17, 15) is 9.59 Å². The second-order valence-electron chi connectivity index (χ2n) is 11.3. The van der Waals surface area contributed by atoms with Crippen LogP contribution in [0.25, 0.3) is 0 Å². The maximum Gasteiger partial charge on any atom is 0.373 e. The number of hydrogen-bond donors (Lipinski definition) is 0. The number of fused-ring (bicyclic) bond motifs is 2. The molecule has 2 aromatic rings. The van der Waals surface area contributed by atoms with E-state index >= 15 is 0 Å². The molecule has 9 heteroatoms. The summed E-state index contributed by atoms with van der Waals surface area (Å²) in [7, 11) is 3.42. The van der Waals surface area contributed by atoms with Gasteiger partial charge < -0.3 is 19.3 Å². The summed E-state index contributed by atoms with van der Waals surface area (Å²) in [4.78, 5) is 45.2. The van der Waals surface area contributed by atoms with Gasteiger partial charge >= 0.3 is 6.15 Å². The van der Waals surface area contributed by atoms with Crippen LogP contribution in [-0.2, 0) is 39.5 Å². The van der Waals surface area contributed by atoms with Crippen LogP contribution in [0.1, 0.15) is 70.1 Å². The Morgan fingerprint density at radius 2 is 1.15 bits per heavy atom. The Kier molecular flexibility index (Phi) is 12.9. The van der Waals surface area contributed by atoms with Crippen molar-refractivity contribution in [3.63, 3.8) is 0 Å². The third kappa shape index (κ3) is 8.13. The smallest absolute Gasteiger partial charge is 0.373 e. The van der Waals surface area contributed by atoms with Crippen molar-refractivity contribution in [2.45, 2.75) is 71.1 Å². The molecule has 0 saturated carbocycles. The minimum Gasteiger partial charge on any atom is -0.385 e. The first-order chi connectivity index (χ1) is 19.4. The summed E-state index contributed by atoms with van der Waals surface area (Å²) in [5.41, 5.74) is 4.78. The molecule has 0 bridgehead atoms. The van der Waals surface area contributed by atoms with E-state index in [4.69, 9.17) is 19.1 Å². The Hall–Kier alpha value is -2.84. The van der Waals surface area contributed by atoms with Crippen LogP contribution in [-0.4, -0.2) is 58.5 Å². The van der Waals surface area contributed by atoms with Gasteiger partial charge in [-0.05, 0) is 95.2 Å². The number of amides is 2. The molecule has 0 unspecified atom stereocenters. The minimum absolute atomic E-state index is 0.193. The fourth-order valence-corrected chi connectivity index (χ4v) is 5.60. The maximum atomic E-state index is 12.6. The Bertz CT molecular complexity index is 1150. The lowest BCUT2D eigenvalue weighted by atomic mass is 9.86. The molecule has 0 fully saturated rings. The highest BCUT2D eigenvalue weighted by Gasteiger charge is 2.44. The largest absolute Gasteiger partial charge is 0.385 e. The van der Waals surface area contributed by atoms with Crippen LogP contribution in [0.2, 0.25) is 0 Å². The van der Waals surface area contributed by atoms with Gasteiger partial charge in [0, 0.05) is 56.4 Å². The van der Waals surface area contributed by atoms with Gasteiger partial charge in [-0.3, -0.25) is 9.59 Å². The number of aryl methyl sites for hydroxylation is 1. The van der Waals surface area contributed by atoms with E-state index in [0.29, 0.717) is 0 Å². The van der Waals surface area contributed by atoms with Gasteiger partial charge in [0.25, 0.3) is 0 Å². The molecule has 2 aliphatic heterocycles. The molecule has 224 valence electrons. The molecule has 0 N–H and O–H groups in total. The van der Waals surface area contributed by atoms with E-state index in [1.807, 2.05) is 55.7 Å². The zero-order chi connectivity index (χ0) is 30.8. The number of rotatable bonds is 10. The zero-order valence-corrected chi connectivity index (χ0v) is 26.9. The molecular formula is C32H43BrN2O6. The number of ether oxygens (including phenoxy) is 2. The molecule has 0 saturated heterocycles. The summed E-state index contributed by atoms with van der Waals surface area (Å²) in [5, 5.41) is 0. The van der Waals surface area contributed by atoms with E-state index in [1.54, 1.807) is 14.2 Å². The molecule has 2 amide bonds. The predicted octanol–water partition coefficient (Wildman–Crippen LogP) is 5.96. The van der Waals surface area contributed by atoms with Crippen molar-refractivity contribution in [3.8, 4) is 0 Å². The molecule has 8 nitrogen and oxygen atoms in total. The van der Waals surface area contributed by atoms with Gasteiger partial charge in [0.15, 0.2) is 0 Å². The monoisotopic (exact) mass is 630 g/mol. The van der Waals surface area contributed by atoms with Crippen LogP contribution >= 0.6 is 15.9 Å². The van der Waals surface area contributed by atoms with Gasteiger partial charge in [0.05, 0.1) is 10.8 Å². The van der Waals surface area contributed by atoms with E-state index < -0.39 is 10.8 Å². The van der Waals surface area contributed by atoms with Crippen LogP contribution in [0, 0.1) is 6.92 Å². The standard InChI is InChI=1S/C16H23NO2.C15H20BrNO2.CO2/c1-12-7-8-13-14(11-12)17(9-5-6-10-19-4)15(18)16(13,2)3;1-15(2)12-7-6-11(16)10-13(12)17(14(15)18)8-4-5-9-19-3;2-1-3/h7-8,11H,5-6,9-10H2,1-4H3;6-7,10H,4-5,8-9H2,1-3H3;. The van der Waals surface area contributed by atoms with Crippen molar-refractivity contribution in [1.29, 1.82) is 0 Å². The lowest BCUT2D eigenvalue weighted by Gasteiger charge is -2.20. The Labute approximate surface area is 252 Å². The normalized spacial score (nSPS) is 15.8. The molecule has 0 atom stereocenters. The molecule has 2 heterocycles. The van der Waals surface area contributed by atoms with Crippen molar-refractivity contribution in [2.75, 3.05) is 50.3 Å². The summed E-state index contributed by atoms with van der Waals surface area (Å²) >= 11 is 3.48. The fraction of sp³-hybridized carbons (Fsp3) is 0.531. The number of benzene rings is 2. The molecule has 2 aliphatic rings. The van der Waals surface area contributed by atoms with Gasteiger partial charge in [-0.25, -0.2) is 0 Å². The quantitative estimate of drug-likeness (QED) is 0.301. The van der Waals surface area contributed by atoms with E-state index in [2.05, 4.69) is 41.1 Å². The van der Waals surface area contributed by atoms with E-state index in [1.165, 1.54) is 5.56 Å². The number of carbonyl (C=O) groups is 2. The lowest BCUT2D eigenvalue weighted by molar-refractivity contribution is -0.191. The van der Waals surface area contributed by atoms with E-state index in [0.717, 1.165) is 79.0 Å². The predicted molar refractivity (Wildman–Crippen MR) is 163 cm³/mol. The topological polar surface area (TPSA) is 93.2 Å². The third-order valence-electron chi connectivity index (χ3n) is 7.56. The highest BCUT2D eigenvalue weighted by Crippen LogP contribution is 2.43. The van der Waals surface area contributed by atoms with Gasteiger partial charge in [-0.2, -0.15) is 9.59 Å². The number of carbonyl (C=O) groups excluding carboxylic acids is 4. The van der Waals surface area contributed by atoms with Crippen LogP contribution in [0.5, 0.6) is 0 Å². The third-order valence-corrected chi connectivity index (χ3v) is 8.05. The first kappa shape index (κ1) is 34.4. The average Bonchev–Trinajstić information content (AvgIpc) is 3.22. The van der Waals surface area contributed by atoms with Crippen molar-refractivity contribution in [1.82, 2.24) is 0 Å². The second-order valence-corrected chi connectivity index (χ2v) is 12.2. The minimum atomic E-state index is -0.419. The maximum absolute atomic E-state index is 12.6. The molecule has 41 heavy (non-hydrogen) atoms. The van der Waals surface area contributed by atoms with Crippen molar-refractivity contribution < 1.29 is 28.7 Å². The SMILES string of the molecule is COCCCCN1C(=O)C(C)(C)c2ccc(Br)cc21.COCCCCN1C(=O)C(C)(C)c2ccc(C)cc21.O=C=O. The highest BCUT2D eigenvalue weighted by molar-refractivity contribution is 9.10. The van der Waals surface area contributed by atoms with Crippen LogP contribution in [0.15, 0.2) is 40.9 Å². The highest BCUT2D eigenvalue weighted by atomic mass is 79.9. The number of nitrogens with zero attached hydrogens (tertiary/aromatic N) is 2. The van der Waals surface area contributed by atoms with Crippen molar-refractivity contribution in [3.05, 3.63) is 57.6 Å². The number of hydrogen-bond acceptors (Lipinski definition) is 6. The Balaban J connectivity index is 0.000000262. The average molecular weight is 632 g/mol. The first-order valence-corrected chi connectivity index (χ1v) is 14.7. The molecule has 0 aliphatic carbocycles. The second kappa shape index (κ2) is 15.4. The Morgan fingerprint density at radius 3 is 1.59 bits per heavy atom.